The van der Waals surface area contributed by atoms with Crippen LogP contribution < -0.4 is 4.90 Å². The number of benzene rings is 11. The van der Waals surface area contributed by atoms with Gasteiger partial charge in [-0.2, -0.15) is 0 Å². The Kier molecular flexibility index (Phi) is 10.7. The van der Waals surface area contributed by atoms with E-state index >= 15 is 0 Å². The van der Waals surface area contributed by atoms with Crippen LogP contribution >= 0.6 is 0 Å². The zero-order chi connectivity index (χ0) is 43.4. The Morgan fingerprint density at radius 1 is 0.185 bits per heavy atom. The van der Waals surface area contributed by atoms with Gasteiger partial charge in [0.05, 0.1) is 0 Å². The van der Waals surface area contributed by atoms with Crippen LogP contribution in [0.15, 0.2) is 273 Å². The molecule has 0 aliphatic carbocycles. The summed E-state index contributed by atoms with van der Waals surface area (Å²) in [5.41, 5.74) is 19.9. The van der Waals surface area contributed by atoms with E-state index in [4.69, 9.17) is 0 Å². The summed E-state index contributed by atoms with van der Waals surface area (Å²) in [7, 11) is 0. The van der Waals surface area contributed by atoms with Crippen molar-refractivity contribution in [2.24, 2.45) is 0 Å². The number of fused-ring (bicyclic) bond motifs is 1. The molecule has 65 heavy (non-hydrogen) atoms. The molecule has 11 aromatic carbocycles. The van der Waals surface area contributed by atoms with Crippen LogP contribution in [0.4, 0.5) is 17.1 Å². The van der Waals surface area contributed by atoms with Crippen molar-refractivity contribution in [3.63, 3.8) is 0 Å². The van der Waals surface area contributed by atoms with Crippen LogP contribution in [0, 0.1) is 0 Å². The third-order valence-electron chi connectivity index (χ3n) is 12.5. The highest BCUT2D eigenvalue weighted by Gasteiger charge is 2.22. The molecule has 0 bridgehead atoms. The Morgan fingerprint density at radius 2 is 0.538 bits per heavy atom. The van der Waals surface area contributed by atoms with E-state index in [-0.39, 0.29) is 0 Å². The minimum Gasteiger partial charge on any atom is -0.310 e. The normalized spacial score (nSPS) is 11.1. The van der Waals surface area contributed by atoms with Crippen molar-refractivity contribution in [1.29, 1.82) is 0 Å². The Morgan fingerprint density at radius 3 is 1.03 bits per heavy atom. The molecule has 1 nitrogen and oxygen atoms in total. The Bertz CT molecular complexity index is 3320. The van der Waals surface area contributed by atoms with Gasteiger partial charge in [0.25, 0.3) is 0 Å². The standard InChI is InChI=1S/C64H45N/c1-5-20-48(21-6-1)58-29-15-17-31-60(58)61-32-18-16-30-59(61)51-37-41-56(42-38-51)65(55-39-35-47(36-40-55)54-34-33-46-19-13-14-28-53(46)43-54)57-44-62(49-22-7-2-8-23-49)64(52-26-11-4-12-27-52)63(45-57)50-24-9-3-10-25-50/h1-45H. The smallest absolute Gasteiger partial charge is 0.0474 e. The van der Waals surface area contributed by atoms with E-state index in [9.17, 15) is 0 Å². The molecular formula is C64H45N. The van der Waals surface area contributed by atoms with Crippen LogP contribution in [0.5, 0.6) is 0 Å². The molecule has 11 aromatic rings. The lowest BCUT2D eigenvalue weighted by atomic mass is 9.86. The molecule has 0 aliphatic rings. The van der Waals surface area contributed by atoms with Crippen molar-refractivity contribution in [3.8, 4) is 77.9 Å². The van der Waals surface area contributed by atoms with Gasteiger partial charge >= 0.3 is 0 Å². The van der Waals surface area contributed by atoms with Crippen LogP contribution in [-0.2, 0) is 0 Å². The van der Waals surface area contributed by atoms with Gasteiger partial charge in [0.15, 0.2) is 0 Å². The van der Waals surface area contributed by atoms with Gasteiger partial charge in [0.2, 0.25) is 0 Å². The van der Waals surface area contributed by atoms with Gasteiger partial charge in [-0.1, -0.05) is 231 Å². The first-order valence-electron chi connectivity index (χ1n) is 22.3. The van der Waals surface area contributed by atoms with E-state index in [1.807, 2.05) is 0 Å². The van der Waals surface area contributed by atoms with E-state index in [0.717, 1.165) is 22.6 Å². The summed E-state index contributed by atoms with van der Waals surface area (Å²) in [6.45, 7) is 0. The van der Waals surface area contributed by atoms with E-state index in [1.54, 1.807) is 0 Å². The largest absolute Gasteiger partial charge is 0.310 e. The second-order valence-electron chi connectivity index (χ2n) is 16.5. The fraction of sp³-hybridized carbons (Fsp3) is 0. The van der Waals surface area contributed by atoms with Crippen molar-refractivity contribution in [2.45, 2.75) is 0 Å². The average Bonchev–Trinajstić information content (AvgIpc) is 3.40. The van der Waals surface area contributed by atoms with Crippen LogP contribution in [0.25, 0.3) is 88.7 Å². The Labute approximate surface area is 381 Å². The summed E-state index contributed by atoms with van der Waals surface area (Å²) in [5, 5.41) is 2.48. The molecule has 0 unspecified atom stereocenters. The summed E-state index contributed by atoms with van der Waals surface area (Å²) in [6.07, 6.45) is 0. The summed E-state index contributed by atoms with van der Waals surface area (Å²) < 4.78 is 0. The van der Waals surface area contributed by atoms with Gasteiger partial charge < -0.3 is 4.90 Å². The molecule has 0 N–H and O–H groups in total. The second-order valence-corrected chi connectivity index (χ2v) is 16.5. The molecule has 0 heterocycles. The molecule has 0 aliphatic heterocycles. The number of nitrogens with zero attached hydrogens (tertiary/aromatic N) is 1. The first-order valence-corrected chi connectivity index (χ1v) is 22.3. The molecule has 0 saturated carbocycles. The minimum absolute atomic E-state index is 1.07. The van der Waals surface area contributed by atoms with Crippen molar-refractivity contribution in [3.05, 3.63) is 273 Å². The van der Waals surface area contributed by atoms with E-state index in [1.165, 1.54) is 83.1 Å². The lowest BCUT2D eigenvalue weighted by molar-refractivity contribution is 1.28. The maximum atomic E-state index is 2.41. The molecule has 1 heteroatoms. The average molecular weight is 828 g/mol. The topological polar surface area (TPSA) is 3.24 Å². The molecule has 11 rings (SSSR count). The predicted octanol–water partition coefficient (Wildman–Crippen LogP) is 18.0. The number of anilines is 3. The summed E-state index contributed by atoms with van der Waals surface area (Å²) in [6, 6.07) is 98.9. The second kappa shape index (κ2) is 17.7. The molecule has 0 fully saturated rings. The fourth-order valence-electron chi connectivity index (χ4n) is 9.33. The third kappa shape index (κ3) is 7.93. The lowest BCUT2D eigenvalue weighted by Crippen LogP contribution is -2.11. The molecule has 0 spiro atoms. The van der Waals surface area contributed by atoms with Crippen LogP contribution in [0.2, 0.25) is 0 Å². The molecule has 0 saturated heterocycles. The van der Waals surface area contributed by atoms with E-state index in [2.05, 4.69) is 278 Å². The number of hydrogen-bond acceptors (Lipinski definition) is 1. The first-order chi connectivity index (χ1) is 32.2. The maximum Gasteiger partial charge on any atom is 0.0474 e. The zero-order valence-corrected chi connectivity index (χ0v) is 35.9. The fourth-order valence-corrected chi connectivity index (χ4v) is 9.33. The number of rotatable bonds is 10. The van der Waals surface area contributed by atoms with Gasteiger partial charge in [-0.05, 0) is 131 Å². The SMILES string of the molecule is c1ccc(-c2ccccc2-c2ccccc2-c2ccc(N(c3ccc(-c4ccc5ccccc5c4)cc3)c3cc(-c4ccccc4)c(-c4ccccc4)c(-c4ccccc4)c3)cc2)cc1. The van der Waals surface area contributed by atoms with Crippen molar-refractivity contribution in [2.75, 3.05) is 4.90 Å². The first kappa shape index (κ1) is 39.3. The van der Waals surface area contributed by atoms with Crippen LogP contribution in [0.3, 0.4) is 0 Å². The monoisotopic (exact) mass is 827 g/mol. The Hall–Kier alpha value is -8.52. The molecule has 306 valence electrons. The Balaban J connectivity index is 1.09. The molecule has 0 radical (unpaired) electrons. The minimum atomic E-state index is 1.07. The number of hydrogen-bond donors (Lipinski definition) is 0. The molecule has 0 atom stereocenters. The van der Waals surface area contributed by atoms with Crippen molar-refractivity contribution >= 4 is 27.8 Å². The van der Waals surface area contributed by atoms with Crippen molar-refractivity contribution < 1.29 is 0 Å². The van der Waals surface area contributed by atoms with Gasteiger partial charge in [-0.3, -0.25) is 0 Å². The van der Waals surface area contributed by atoms with E-state index in [0.29, 0.717) is 0 Å². The highest BCUT2D eigenvalue weighted by Crippen LogP contribution is 2.47. The molecular weight excluding hydrogens is 783 g/mol. The summed E-state index contributed by atoms with van der Waals surface area (Å²) in [5.74, 6) is 0. The maximum absolute atomic E-state index is 2.41. The highest BCUT2D eigenvalue weighted by atomic mass is 15.1. The van der Waals surface area contributed by atoms with Crippen LogP contribution in [-0.4, -0.2) is 0 Å². The van der Waals surface area contributed by atoms with Crippen LogP contribution in [0.1, 0.15) is 0 Å². The summed E-state index contributed by atoms with van der Waals surface area (Å²) >= 11 is 0. The zero-order valence-electron chi connectivity index (χ0n) is 35.9. The van der Waals surface area contributed by atoms with Gasteiger partial charge in [-0.25, -0.2) is 0 Å². The third-order valence-corrected chi connectivity index (χ3v) is 12.5. The quantitative estimate of drug-likeness (QED) is 0.133. The molecule has 0 amide bonds. The highest BCUT2D eigenvalue weighted by molar-refractivity contribution is 5.99. The van der Waals surface area contributed by atoms with Gasteiger partial charge in [0, 0.05) is 17.1 Å². The predicted molar refractivity (Wildman–Crippen MR) is 277 cm³/mol. The van der Waals surface area contributed by atoms with Gasteiger partial charge in [0.1, 0.15) is 0 Å². The molecule has 0 aromatic heterocycles. The summed E-state index contributed by atoms with van der Waals surface area (Å²) in [4.78, 5) is 2.41. The lowest BCUT2D eigenvalue weighted by Gasteiger charge is -2.29. The van der Waals surface area contributed by atoms with E-state index < -0.39 is 0 Å². The van der Waals surface area contributed by atoms with Gasteiger partial charge in [-0.15, -0.1) is 0 Å². The van der Waals surface area contributed by atoms with Crippen molar-refractivity contribution in [1.82, 2.24) is 0 Å².